The molecule has 1 aliphatic heterocycles. The Morgan fingerprint density at radius 1 is 1.09 bits per heavy atom. The molecule has 0 spiro atoms. The van der Waals surface area contributed by atoms with E-state index in [1.165, 1.54) is 11.8 Å². The van der Waals surface area contributed by atoms with Crippen molar-refractivity contribution in [2.45, 2.75) is 30.4 Å². The van der Waals surface area contributed by atoms with Crippen LogP contribution in [0.4, 0.5) is 0 Å². The summed E-state index contributed by atoms with van der Waals surface area (Å²) in [5.74, 6) is 2.18. The molecule has 4 aromatic rings. The first-order valence-corrected chi connectivity index (χ1v) is 12.3. The van der Waals surface area contributed by atoms with Crippen LogP contribution < -0.4 is 14.8 Å². The molecule has 1 amide bonds. The van der Waals surface area contributed by atoms with Crippen LogP contribution in [0.15, 0.2) is 71.2 Å². The first-order chi connectivity index (χ1) is 16.2. The van der Waals surface area contributed by atoms with E-state index >= 15 is 0 Å². The number of aromatic nitrogens is 3. The van der Waals surface area contributed by atoms with Gasteiger partial charge in [-0.2, -0.15) is 0 Å². The first kappa shape index (κ1) is 21.5. The van der Waals surface area contributed by atoms with Crippen molar-refractivity contribution in [1.29, 1.82) is 0 Å². The number of carbonyl (C=O) groups is 1. The Balaban J connectivity index is 1.29. The van der Waals surface area contributed by atoms with Gasteiger partial charge >= 0.3 is 0 Å². The Bertz CT molecular complexity index is 1240. The number of nitrogens with one attached hydrogen (secondary N) is 1. The Kier molecular flexibility index (Phi) is 6.32. The van der Waals surface area contributed by atoms with Gasteiger partial charge in [0.05, 0.1) is 16.7 Å². The number of thiophene rings is 1. The van der Waals surface area contributed by atoms with Crippen molar-refractivity contribution < 1.29 is 14.3 Å². The van der Waals surface area contributed by atoms with Gasteiger partial charge in [-0.05, 0) is 41.6 Å². The minimum absolute atomic E-state index is 0.0652. The van der Waals surface area contributed by atoms with E-state index in [4.69, 9.17) is 9.47 Å². The zero-order chi connectivity index (χ0) is 22.6. The second-order valence-electron chi connectivity index (χ2n) is 7.52. The summed E-state index contributed by atoms with van der Waals surface area (Å²) in [6.07, 6.45) is 0. The molecule has 0 radical (unpaired) electrons. The van der Waals surface area contributed by atoms with Gasteiger partial charge in [0.1, 0.15) is 0 Å². The summed E-state index contributed by atoms with van der Waals surface area (Å²) in [5, 5.41) is 14.3. The second-order valence-corrected chi connectivity index (χ2v) is 9.78. The summed E-state index contributed by atoms with van der Waals surface area (Å²) in [6, 6.07) is 19.9. The van der Waals surface area contributed by atoms with Crippen LogP contribution in [0, 0.1) is 0 Å². The molecule has 0 aliphatic carbocycles. The second kappa shape index (κ2) is 9.68. The van der Waals surface area contributed by atoms with Crippen LogP contribution in [0.3, 0.4) is 0 Å². The van der Waals surface area contributed by atoms with Crippen LogP contribution >= 0.6 is 23.1 Å². The molecule has 1 atom stereocenters. The van der Waals surface area contributed by atoms with Gasteiger partial charge in [0, 0.05) is 6.54 Å². The molecule has 2 aromatic carbocycles. The van der Waals surface area contributed by atoms with Crippen molar-refractivity contribution in [3.05, 3.63) is 77.2 Å². The van der Waals surface area contributed by atoms with Gasteiger partial charge in [-0.15, -0.1) is 21.5 Å². The van der Waals surface area contributed by atoms with E-state index in [0.717, 1.165) is 27.6 Å². The van der Waals surface area contributed by atoms with Gasteiger partial charge in [0.15, 0.2) is 22.5 Å². The molecule has 0 saturated heterocycles. The van der Waals surface area contributed by atoms with Crippen LogP contribution in [-0.4, -0.2) is 32.7 Å². The Labute approximate surface area is 199 Å². The Morgan fingerprint density at radius 2 is 1.94 bits per heavy atom. The fourth-order valence-electron chi connectivity index (χ4n) is 3.47. The lowest BCUT2D eigenvalue weighted by Crippen LogP contribution is -2.30. The van der Waals surface area contributed by atoms with Gasteiger partial charge < -0.3 is 14.8 Å². The molecule has 0 fully saturated rings. The van der Waals surface area contributed by atoms with Crippen molar-refractivity contribution >= 4 is 29.0 Å². The maximum atomic E-state index is 12.8. The molecule has 1 N–H and O–H groups in total. The van der Waals surface area contributed by atoms with Crippen LogP contribution in [0.25, 0.3) is 10.7 Å². The fourth-order valence-corrected chi connectivity index (χ4v) is 5.06. The number of carbonyl (C=O) groups excluding carboxylic acids is 1. The third-order valence-electron chi connectivity index (χ3n) is 5.20. The highest BCUT2D eigenvalue weighted by atomic mass is 32.2. The highest BCUT2D eigenvalue weighted by Gasteiger charge is 2.22. The summed E-state index contributed by atoms with van der Waals surface area (Å²) < 4.78 is 12.8. The van der Waals surface area contributed by atoms with Gasteiger partial charge in [-0.3, -0.25) is 9.36 Å². The van der Waals surface area contributed by atoms with E-state index in [9.17, 15) is 4.79 Å². The fraction of sp³-hybridized carbons (Fsp3) is 0.208. The molecule has 9 heteroatoms. The molecule has 168 valence electrons. The van der Waals surface area contributed by atoms with E-state index in [1.807, 2.05) is 60.8 Å². The minimum atomic E-state index is -0.339. The first-order valence-electron chi connectivity index (χ1n) is 10.5. The van der Waals surface area contributed by atoms with E-state index in [2.05, 4.69) is 32.2 Å². The number of ether oxygens (including phenoxy) is 2. The maximum Gasteiger partial charge on any atom is 0.233 e. The average molecular weight is 479 g/mol. The number of hydrogen-bond donors (Lipinski definition) is 1. The zero-order valence-corrected chi connectivity index (χ0v) is 19.6. The Morgan fingerprint density at radius 3 is 2.76 bits per heavy atom. The van der Waals surface area contributed by atoms with Gasteiger partial charge in [-0.25, -0.2) is 0 Å². The number of thioether (sulfide) groups is 1. The topological polar surface area (TPSA) is 78.3 Å². The highest BCUT2D eigenvalue weighted by molar-refractivity contribution is 8.00. The van der Waals surface area contributed by atoms with E-state index < -0.39 is 0 Å². The number of nitrogens with zero attached hydrogens (tertiary/aromatic N) is 3. The number of amides is 1. The minimum Gasteiger partial charge on any atom is -0.454 e. The van der Waals surface area contributed by atoms with Crippen LogP contribution in [-0.2, 0) is 17.9 Å². The van der Waals surface area contributed by atoms with Crippen molar-refractivity contribution in [3.8, 4) is 22.2 Å². The SMILES string of the molecule is C[C@@H](Sc1nnc(-c2cccs2)n1Cc1ccccc1)C(=O)NCc1ccc2c(c1)OCO2. The maximum absolute atomic E-state index is 12.8. The van der Waals surface area contributed by atoms with Crippen molar-refractivity contribution in [1.82, 2.24) is 20.1 Å². The molecule has 3 heterocycles. The normalized spacial score (nSPS) is 13.1. The molecule has 0 unspecified atom stereocenters. The molecule has 0 bridgehead atoms. The molecular formula is C24H22N4O3S2. The summed E-state index contributed by atoms with van der Waals surface area (Å²) in [5.41, 5.74) is 2.11. The van der Waals surface area contributed by atoms with Gasteiger partial charge in [-0.1, -0.05) is 54.2 Å². The molecule has 5 rings (SSSR count). The number of fused-ring (bicyclic) bond motifs is 1. The average Bonchev–Trinajstić information content (AvgIpc) is 3.59. The van der Waals surface area contributed by atoms with Gasteiger partial charge in [0.2, 0.25) is 12.7 Å². The summed E-state index contributed by atoms with van der Waals surface area (Å²) in [4.78, 5) is 13.9. The van der Waals surface area contributed by atoms with Crippen LogP contribution in [0.5, 0.6) is 11.5 Å². The van der Waals surface area contributed by atoms with Gasteiger partial charge in [0.25, 0.3) is 0 Å². The predicted molar refractivity (Wildman–Crippen MR) is 129 cm³/mol. The number of hydrogen-bond acceptors (Lipinski definition) is 7. The molecular weight excluding hydrogens is 456 g/mol. The lowest BCUT2D eigenvalue weighted by Gasteiger charge is -2.14. The summed E-state index contributed by atoms with van der Waals surface area (Å²) in [6.45, 7) is 3.16. The predicted octanol–water partition coefficient (Wildman–Crippen LogP) is 4.58. The van der Waals surface area contributed by atoms with Crippen molar-refractivity contribution in [2.75, 3.05) is 6.79 Å². The van der Waals surface area contributed by atoms with E-state index in [-0.39, 0.29) is 18.0 Å². The van der Waals surface area contributed by atoms with Crippen LogP contribution in [0.1, 0.15) is 18.1 Å². The zero-order valence-electron chi connectivity index (χ0n) is 17.9. The molecule has 33 heavy (non-hydrogen) atoms. The lowest BCUT2D eigenvalue weighted by molar-refractivity contribution is -0.120. The standard InChI is InChI=1S/C24H22N4O3S2/c1-16(23(29)25-13-18-9-10-19-20(12-18)31-15-30-19)33-24-27-26-22(21-8-5-11-32-21)28(24)14-17-6-3-2-4-7-17/h2-12,16H,13-15H2,1H3,(H,25,29)/t16-/m1/s1. The largest absolute Gasteiger partial charge is 0.454 e. The smallest absolute Gasteiger partial charge is 0.233 e. The molecule has 7 nitrogen and oxygen atoms in total. The third-order valence-corrected chi connectivity index (χ3v) is 7.14. The van der Waals surface area contributed by atoms with E-state index in [0.29, 0.717) is 24.0 Å². The number of rotatable bonds is 8. The van der Waals surface area contributed by atoms with Crippen LogP contribution in [0.2, 0.25) is 0 Å². The molecule has 2 aromatic heterocycles. The molecule has 0 saturated carbocycles. The summed E-state index contributed by atoms with van der Waals surface area (Å²) >= 11 is 3.03. The van der Waals surface area contributed by atoms with Crippen molar-refractivity contribution in [2.24, 2.45) is 0 Å². The number of benzene rings is 2. The highest BCUT2D eigenvalue weighted by Crippen LogP contribution is 2.33. The third kappa shape index (κ3) is 4.89. The van der Waals surface area contributed by atoms with E-state index in [1.54, 1.807) is 11.3 Å². The monoisotopic (exact) mass is 478 g/mol. The Hall–Kier alpha value is -3.30. The molecule has 1 aliphatic rings. The quantitative estimate of drug-likeness (QED) is 0.374. The lowest BCUT2D eigenvalue weighted by atomic mass is 10.2. The summed E-state index contributed by atoms with van der Waals surface area (Å²) in [7, 11) is 0. The van der Waals surface area contributed by atoms with Crippen molar-refractivity contribution in [3.63, 3.8) is 0 Å².